The van der Waals surface area contributed by atoms with E-state index in [4.69, 9.17) is 20.4 Å². The Morgan fingerprint density at radius 2 is 1.11 bits per heavy atom. The van der Waals surface area contributed by atoms with Gasteiger partial charge in [0.05, 0.1) is 66.5 Å². The van der Waals surface area contributed by atoms with Gasteiger partial charge in [0.15, 0.2) is 5.78 Å². The van der Waals surface area contributed by atoms with Crippen molar-refractivity contribution in [1.29, 1.82) is 10.5 Å². The van der Waals surface area contributed by atoms with Crippen LogP contribution < -0.4 is 20.4 Å². The fraction of sp³-hybridized carbons (Fsp3) is 0.217. The van der Waals surface area contributed by atoms with Crippen LogP contribution >= 0.6 is 0 Å². The first-order valence-corrected chi connectivity index (χ1v) is 18.9. The molecule has 6 aromatic rings. The van der Waals surface area contributed by atoms with Crippen molar-refractivity contribution in [3.8, 4) is 34.7 Å². The summed E-state index contributed by atoms with van der Waals surface area (Å²) in [5, 5.41) is 25.1. The Morgan fingerprint density at radius 1 is 0.639 bits per heavy atom. The molecule has 15 nitrogen and oxygen atoms in total. The number of ether oxygens (including phenoxy) is 2. The minimum atomic E-state index is -2.09. The van der Waals surface area contributed by atoms with Gasteiger partial charge in [0.25, 0.3) is 5.91 Å². The van der Waals surface area contributed by atoms with E-state index in [9.17, 15) is 20.1 Å². The second kappa shape index (κ2) is 18.9. The molecule has 0 bridgehead atoms. The molecule has 0 atom stereocenters. The summed E-state index contributed by atoms with van der Waals surface area (Å²) in [4.78, 5) is 49.3. The van der Waals surface area contributed by atoms with Crippen LogP contribution in [0.5, 0.6) is 0 Å². The summed E-state index contributed by atoms with van der Waals surface area (Å²) in [5.41, 5.74) is 3.82. The molecule has 2 aromatic heterocycles. The van der Waals surface area contributed by atoms with Gasteiger partial charge in [0.1, 0.15) is 13.1 Å². The molecule has 2 N–H and O–H groups in total. The maximum Gasteiger partial charge on any atom is 0.256 e. The highest BCUT2D eigenvalue weighted by Gasteiger charge is 2.24. The fourth-order valence-corrected chi connectivity index (χ4v) is 6.39. The van der Waals surface area contributed by atoms with Crippen molar-refractivity contribution in [1.82, 2.24) is 24.8 Å². The van der Waals surface area contributed by atoms with Crippen LogP contribution in [0.25, 0.3) is 22.5 Å². The summed E-state index contributed by atoms with van der Waals surface area (Å²) in [6.45, 7) is -10.2. The highest BCUT2D eigenvalue weighted by molar-refractivity contribution is 6.16. The van der Waals surface area contributed by atoms with Crippen molar-refractivity contribution in [3.63, 3.8) is 0 Å². The van der Waals surface area contributed by atoms with Crippen molar-refractivity contribution in [2.75, 3.05) is 85.9 Å². The fourth-order valence-electron chi connectivity index (χ4n) is 6.39. The Morgan fingerprint density at radius 3 is 1.61 bits per heavy atom. The van der Waals surface area contributed by atoms with Gasteiger partial charge < -0.3 is 34.8 Å². The topological polar surface area (TPSA) is 186 Å². The van der Waals surface area contributed by atoms with Gasteiger partial charge in [-0.2, -0.15) is 10.5 Å². The number of hydrogen-bond donors (Lipinski definition) is 2. The van der Waals surface area contributed by atoms with E-state index in [1.54, 1.807) is 97.2 Å². The summed E-state index contributed by atoms with van der Waals surface area (Å²) in [6, 6.07) is 31.1. The zero-order chi connectivity index (χ0) is 49.1. The zero-order valence-electron chi connectivity index (χ0n) is 40.4. The Bertz CT molecular complexity index is 2920. The lowest BCUT2D eigenvalue weighted by Crippen LogP contribution is -2.36. The van der Waals surface area contributed by atoms with Crippen molar-refractivity contribution in [3.05, 3.63) is 132 Å². The number of ketones is 1. The average molecular weight is 820 g/mol. The van der Waals surface area contributed by atoms with Gasteiger partial charge in [-0.1, -0.05) is 30.3 Å². The van der Waals surface area contributed by atoms with Gasteiger partial charge >= 0.3 is 0 Å². The van der Waals surface area contributed by atoms with Gasteiger partial charge in [-0.05, 0) is 72.8 Å². The molecule has 15 heteroatoms. The van der Waals surface area contributed by atoms with E-state index in [1.807, 2.05) is 12.1 Å². The number of amides is 1. The van der Waals surface area contributed by atoms with Gasteiger partial charge in [-0.15, -0.1) is 0 Å². The van der Waals surface area contributed by atoms with Crippen molar-refractivity contribution in [2.45, 2.75) is 0 Å². The Balaban J connectivity index is 1.03. The summed E-state index contributed by atoms with van der Waals surface area (Å²) in [5.74, 6) is -0.835. The van der Waals surface area contributed by atoms with Gasteiger partial charge in [-0.25, -0.2) is 19.9 Å². The number of anilines is 6. The van der Waals surface area contributed by atoms with Crippen LogP contribution in [0.3, 0.4) is 0 Å². The third-order valence-electron chi connectivity index (χ3n) is 9.42. The van der Waals surface area contributed by atoms with E-state index >= 15 is 0 Å². The van der Waals surface area contributed by atoms with Crippen LogP contribution in [-0.2, 0) is 9.47 Å². The van der Waals surface area contributed by atoms with Crippen LogP contribution in [-0.4, -0.2) is 102 Å². The summed E-state index contributed by atoms with van der Waals surface area (Å²) < 4.78 is 76.8. The molecule has 2 saturated heterocycles. The maximum absolute atomic E-state index is 14.4. The van der Waals surface area contributed by atoms with Crippen molar-refractivity contribution >= 4 is 46.3 Å². The molecule has 61 heavy (non-hydrogen) atoms. The lowest BCUT2D eigenvalue weighted by molar-refractivity contribution is 0.0790. The standard InChI is InChI=1S/C46H41N11O4/c47-17-21-57(22-18-48)44(59)39-14-5-34(42-16-20-50-46(54-42)52-36-8-12-38(13-9-36)56-25-29-61-30-26-56)31-40(39)43(58)33-3-1-32(2-4-33)41-15-19-49-45(53-41)51-35-6-10-37(11-7-35)55-23-27-60-28-24-55/h1-16,19-20,31H,21-30H2,(H,49,51,53)(H,50,52,54)/i23D2,24D2,25D2,26D2. The van der Waals surface area contributed by atoms with Gasteiger partial charge in [0, 0.05) is 83.4 Å². The molecule has 304 valence electrons. The van der Waals surface area contributed by atoms with Crippen LogP contribution in [0, 0.1) is 22.7 Å². The Kier molecular flexibility index (Phi) is 9.68. The Labute approximate surface area is 364 Å². The second-order valence-electron chi connectivity index (χ2n) is 13.3. The monoisotopic (exact) mass is 819 g/mol. The van der Waals surface area contributed by atoms with E-state index in [0.29, 0.717) is 45.3 Å². The lowest BCUT2D eigenvalue weighted by Gasteiger charge is -2.28. The highest BCUT2D eigenvalue weighted by Crippen LogP contribution is 2.28. The number of nitriles is 2. The number of carbonyl (C=O) groups excluding carboxylic acids is 2. The van der Waals surface area contributed by atoms with E-state index in [-0.39, 0.29) is 55.0 Å². The summed E-state index contributed by atoms with van der Waals surface area (Å²) >= 11 is 0. The first-order valence-electron chi connectivity index (χ1n) is 22.9. The molecular weight excluding hydrogens is 771 g/mol. The van der Waals surface area contributed by atoms with E-state index in [1.165, 1.54) is 18.3 Å². The Hall–Kier alpha value is -7.72. The van der Waals surface area contributed by atoms with Gasteiger partial charge in [-0.3, -0.25) is 9.59 Å². The van der Waals surface area contributed by atoms with E-state index in [0.717, 1.165) is 14.7 Å². The van der Waals surface area contributed by atoms with Crippen LogP contribution in [0.15, 0.2) is 116 Å². The lowest BCUT2D eigenvalue weighted by atomic mass is 9.94. The number of aromatic nitrogens is 4. The number of carbonyl (C=O) groups is 2. The molecule has 0 spiro atoms. The molecule has 1 amide bonds. The second-order valence-corrected chi connectivity index (χ2v) is 13.3. The highest BCUT2D eigenvalue weighted by atomic mass is 16.5. The predicted molar refractivity (Wildman–Crippen MR) is 231 cm³/mol. The van der Waals surface area contributed by atoms with Gasteiger partial charge in [0.2, 0.25) is 11.9 Å². The van der Waals surface area contributed by atoms with Crippen LogP contribution in [0.4, 0.5) is 34.6 Å². The number of benzene rings is 4. The molecule has 0 saturated carbocycles. The molecule has 2 aliphatic rings. The summed E-state index contributed by atoms with van der Waals surface area (Å²) in [7, 11) is 0. The molecular formula is C46H41N11O4. The van der Waals surface area contributed by atoms with Crippen molar-refractivity contribution < 1.29 is 30.0 Å². The molecule has 8 rings (SSSR count). The zero-order valence-corrected chi connectivity index (χ0v) is 32.4. The SMILES string of the molecule is [2H]C1([2H])COCC([2H])([2H])N1c1ccc(Nc2nccc(-c3ccc(C(=O)c4cc(-c5ccnc(Nc6ccc(N7C([2H])([2H])COCC7([2H])[2H])cc6)n5)ccc4C(=O)N(CC#N)CC#N)cc3)n2)cc1. The quantitative estimate of drug-likeness (QED) is 0.0953. The maximum atomic E-state index is 14.4. The molecule has 4 heterocycles. The number of rotatable bonds is 13. The molecule has 0 radical (unpaired) electrons. The van der Waals surface area contributed by atoms with E-state index in [2.05, 4.69) is 30.6 Å². The molecule has 2 fully saturated rings. The molecule has 2 aliphatic heterocycles. The van der Waals surface area contributed by atoms with E-state index < -0.39 is 50.8 Å². The third-order valence-corrected chi connectivity index (χ3v) is 9.42. The third kappa shape index (κ3) is 9.61. The predicted octanol–water partition coefficient (Wildman–Crippen LogP) is 6.48. The average Bonchev–Trinajstić information content (AvgIpc) is 3.31. The minimum absolute atomic E-state index is 0.0156. The number of morpholine rings is 2. The number of nitrogens with zero attached hydrogens (tertiary/aromatic N) is 9. The molecule has 0 unspecified atom stereocenters. The first kappa shape index (κ1) is 31.2. The normalized spacial score (nSPS) is 19.0. The van der Waals surface area contributed by atoms with Crippen LogP contribution in [0.1, 0.15) is 37.2 Å². The molecule has 0 aliphatic carbocycles. The van der Waals surface area contributed by atoms with Crippen LogP contribution in [0.2, 0.25) is 0 Å². The number of hydrogen-bond acceptors (Lipinski definition) is 14. The summed E-state index contributed by atoms with van der Waals surface area (Å²) in [6.07, 6.45) is 3.05. The first-order chi connectivity index (χ1) is 32.9. The largest absolute Gasteiger partial charge is 0.378 e. The number of nitrogens with one attached hydrogen (secondary N) is 2. The smallest absolute Gasteiger partial charge is 0.256 e. The van der Waals surface area contributed by atoms with Crippen molar-refractivity contribution in [2.24, 2.45) is 0 Å². The molecule has 4 aromatic carbocycles. The minimum Gasteiger partial charge on any atom is -0.378 e.